The molecule has 0 saturated carbocycles. The quantitative estimate of drug-likeness (QED) is 0.545. The number of aryl methyl sites for hydroxylation is 2. The van der Waals surface area contributed by atoms with Crippen molar-refractivity contribution in [1.29, 1.82) is 0 Å². The highest BCUT2D eigenvalue weighted by molar-refractivity contribution is 7.80. The SMILES string of the molecule is Cc1ccc(C(=O)NC(=S)Nc2ccc3oc(=O)ccc3c2)cc1C. The largest absolute Gasteiger partial charge is 0.423 e. The monoisotopic (exact) mass is 352 g/mol. The average Bonchev–Trinajstić information content (AvgIpc) is 2.57. The molecule has 0 aliphatic carbocycles. The van der Waals surface area contributed by atoms with E-state index < -0.39 is 5.63 Å². The molecule has 5 nitrogen and oxygen atoms in total. The zero-order valence-corrected chi connectivity index (χ0v) is 14.6. The first kappa shape index (κ1) is 16.9. The third-order valence-corrected chi connectivity index (χ3v) is 4.08. The number of carbonyl (C=O) groups excluding carboxylic acids is 1. The lowest BCUT2D eigenvalue weighted by atomic mass is 10.1. The van der Waals surface area contributed by atoms with Gasteiger partial charge >= 0.3 is 5.63 Å². The normalized spacial score (nSPS) is 10.5. The van der Waals surface area contributed by atoms with Gasteiger partial charge in [-0.2, -0.15) is 0 Å². The van der Waals surface area contributed by atoms with Gasteiger partial charge in [-0.25, -0.2) is 4.79 Å². The van der Waals surface area contributed by atoms with E-state index in [1.54, 1.807) is 30.3 Å². The summed E-state index contributed by atoms with van der Waals surface area (Å²) in [5, 5.41) is 6.56. The fourth-order valence-electron chi connectivity index (χ4n) is 2.37. The topological polar surface area (TPSA) is 71.3 Å². The maximum Gasteiger partial charge on any atom is 0.336 e. The predicted octanol–water partition coefficient (Wildman–Crippen LogP) is 3.54. The van der Waals surface area contributed by atoms with Crippen LogP contribution in [0.5, 0.6) is 0 Å². The van der Waals surface area contributed by atoms with Crippen LogP contribution >= 0.6 is 12.2 Å². The second-order valence-corrected chi connectivity index (χ2v) is 6.12. The third kappa shape index (κ3) is 3.92. The second kappa shape index (κ2) is 6.86. The molecule has 0 radical (unpaired) electrons. The highest BCUT2D eigenvalue weighted by Crippen LogP contribution is 2.17. The lowest BCUT2D eigenvalue weighted by Gasteiger charge is -2.11. The van der Waals surface area contributed by atoms with Crippen LogP contribution in [-0.4, -0.2) is 11.0 Å². The summed E-state index contributed by atoms with van der Waals surface area (Å²) in [6, 6.07) is 13.7. The molecule has 1 aromatic heterocycles. The first-order valence-corrected chi connectivity index (χ1v) is 8.07. The summed E-state index contributed by atoms with van der Waals surface area (Å²) in [5.41, 5.74) is 3.49. The minimum atomic E-state index is -0.399. The van der Waals surface area contributed by atoms with Gasteiger partial charge in [0.05, 0.1) is 0 Å². The zero-order chi connectivity index (χ0) is 18.0. The second-order valence-electron chi connectivity index (χ2n) is 5.71. The highest BCUT2D eigenvalue weighted by Gasteiger charge is 2.09. The highest BCUT2D eigenvalue weighted by atomic mass is 32.1. The van der Waals surface area contributed by atoms with E-state index >= 15 is 0 Å². The Morgan fingerprint density at radius 1 is 1.00 bits per heavy atom. The van der Waals surface area contributed by atoms with Gasteiger partial charge in [0.25, 0.3) is 5.91 Å². The maximum atomic E-state index is 12.3. The Bertz CT molecular complexity index is 1040. The van der Waals surface area contributed by atoms with Gasteiger partial charge in [0.15, 0.2) is 5.11 Å². The number of rotatable bonds is 2. The van der Waals surface area contributed by atoms with Crippen molar-refractivity contribution in [3.05, 3.63) is 75.6 Å². The summed E-state index contributed by atoms with van der Waals surface area (Å²) in [7, 11) is 0. The summed E-state index contributed by atoms with van der Waals surface area (Å²) in [4.78, 5) is 23.5. The van der Waals surface area contributed by atoms with Crippen molar-refractivity contribution in [2.24, 2.45) is 0 Å². The van der Waals surface area contributed by atoms with Crippen LogP contribution in [0.2, 0.25) is 0 Å². The van der Waals surface area contributed by atoms with E-state index in [-0.39, 0.29) is 11.0 Å². The molecule has 1 heterocycles. The number of nitrogens with one attached hydrogen (secondary N) is 2. The summed E-state index contributed by atoms with van der Waals surface area (Å²) in [6.45, 7) is 3.95. The summed E-state index contributed by atoms with van der Waals surface area (Å²) >= 11 is 5.20. The van der Waals surface area contributed by atoms with E-state index in [4.69, 9.17) is 16.6 Å². The summed E-state index contributed by atoms with van der Waals surface area (Å²) < 4.78 is 5.08. The van der Waals surface area contributed by atoms with Gasteiger partial charge in [0.1, 0.15) is 5.58 Å². The number of amides is 1. The lowest BCUT2D eigenvalue weighted by Crippen LogP contribution is -2.34. The minimum Gasteiger partial charge on any atom is -0.423 e. The standard InChI is InChI=1S/C19H16N2O3S/c1-11-3-4-14(9-12(11)2)18(23)21-19(25)20-15-6-7-16-13(10-15)5-8-17(22)24-16/h3-10H,1-2H3,(H2,20,21,23,25). The fraction of sp³-hybridized carbons (Fsp3) is 0.105. The number of hydrogen-bond donors (Lipinski definition) is 2. The van der Waals surface area contributed by atoms with E-state index in [0.29, 0.717) is 16.8 Å². The first-order chi connectivity index (χ1) is 11.9. The molecule has 1 amide bonds. The minimum absolute atomic E-state index is 0.194. The van der Waals surface area contributed by atoms with Crippen LogP contribution in [0.4, 0.5) is 5.69 Å². The van der Waals surface area contributed by atoms with Gasteiger partial charge < -0.3 is 9.73 Å². The molecule has 0 saturated heterocycles. The Morgan fingerprint density at radius 2 is 1.80 bits per heavy atom. The molecular formula is C19H16N2O3S. The Kier molecular flexibility index (Phi) is 4.63. The van der Waals surface area contributed by atoms with Gasteiger partial charge in [-0.15, -0.1) is 0 Å². The number of benzene rings is 2. The van der Waals surface area contributed by atoms with Crippen LogP contribution in [0.15, 0.2) is 57.7 Å². The molecule has 0 fully saturated rings. The Morgan fingerprint density at radius 3 is 2.56 bits per heavy atom. The molecule has 2 aromatic carbocycles. The third-order valence-electron chi connectivity index (χ3n) is 3.87. The van der Waals surface area contributed by atoms with Gasteiger partial charge in [-0.3, -0.25) is 10.1 Å². The molecule has 0 spiro atoms. The van der Waals surface area contributed by atoms with E-state index in [0.717, 1.165) is 16.5 Å². The van der Waals surface area contributed by atoms with E-state index in [9.17, 15) is 9.59 Å². The molecule has 25 heavy (non-hydrogen) atoms. The van der Waals surface area contributed by atoms with Crippen molar-refractivity contribution >= 4 is 39.9 Å². The van der Waals surface area contributed by atoms with Crippen molar-refractivity contribution in [2.75, 3.05) is 5.32 Å². The Balaban J connectivity index is 1.71. The predicted molar refractivity (Wildman–Crippen MR) is 102 cm³/mol. The first-order valence-electron chi connectivity index (χ1n) is 7.66. The van der Waals surface area contributed by atoms with Crippen molar-refractivity contribution < 1.29 is 9.21 Å². The van der Waals surface area contributed by atoms with E-state index in [2.05, 4.69) is 10.6 Å². The molecule has 0 bridgehead atoms. The number of carbonyl (C=O) groups is 1. The van der Waals surface area contributed by atoms with Crippen molar-refractivity contribution in [3.63, 3.8) is 0 Å². The summed E-state index contributed by atoms with van der Waals surface area (Å²) in [5.74, 6) is -0.271. The number of anilines is 1. The van der Waals surface area contributed by atoms with Crippen LogP contribution in [0.25, 0.3) is 11.0 Å². The smallest absolute Gasteiger partial charge is 0.336 e. The molecule has 2 N–H and O–H groups in total. The van der Waals surface area contributed by atoms with Gasteiger partial charge in [-0.05, 0) is 73.6 Å². The van der Waals surface area contributed by atoms with Crippen LogP contribution in [-0.2, 0) is 0 Å². The van der Waals surface area contributed by atoms with Crippen molar-refractivity contribution in [1.82, 2.24) is 5.32 Å². The molecule has 3 aromatic rings. The van der Waals surface area contributed by atoms with Crippen molar-refractivity contribution in [3.8, 4) is 0 Å². The molecule has 0 aliphatic heterocycles. The molecule has 3 rings (SSSR count). The number of hydrogen-bond acceptors (Lipinski definition) is 4. The lowest BCUT2D eigenvalue weighted by molar-refractivity contribution is 0.0977. The number of thiocarbonyl (C=S) groups is 1. The zero-order valence-electron chi connectivity index (χ0n) is 13.8. The van der Waals surface area contributed by atoms with Gasteiger partial charge in [0.2, 0.25) is 0 Å². The Labute approximate surface area is 149 Å². The molecular weight excluding hydrogens is 336 g/mol. The number of fused-ring (bicyclic) bond motifs is 1. The van der Waals surface area contributed by atoms with Gasteiger partial charge in [-0.1, -0.05) is 6.07 Å². The fourth-order valence-corrected chi connectivity index (χ4v) is 2.58. The van der Waals surface area contributed by atoms with Gasteiger partial charge in [0, 0.05) is 22.7 Å². The molecule has 0 aliphatic rings. The molecule has 6 heteroatoms. The Hall–Kier alpha value is -2.99. The molecule has 0 unspecified atom stereocenters. The van der Waals surface area contributed by atoms with E-state index in [1.165, 1.54) is 6.07 Å². The average molecular weight is 352 g/mol. The molecule has 126 valence electrons. The van der Waals surface area contributed by atoms with E-state index in [1.807, 2.05) is 26.0 Å². The summed E-state index contributed by atoms with van der Waals surface area (Å²) in [6.07, 6.45) is 0. The van der Waals surface area contributed by atoms with Crippen molar-refractivity contribution in [2.45, 2.75) is 13.8 Å². The molecule has 0 atom stereocenters. The van der Waals surface area contributed by atoms with Crippen LogP contribution in [0.1, 0.15) is 21.5 Å². The maximum absolute atomic E-state index is 12.3. The van der Waals surface area contributed by atoms with Crippen LogP contribution < -0.4 is 16.3 Å². The van der Waals surface area contributed by atoms with Crippen LogP contribution in [0.3, 0.4) is 0 Å². The van der Waals surface area contributed by atoms with Crippen LogP contribution in [0, 0.1) is 13.8 Å².